The van der Waals surface area contributed by atoms with Gasteiger partial charge in [-0.1, -0.05) is 30.7 Å². The third-order valence-corrected chi connectivity index (χ3v) is 4.00. The van der Waals surface area contributed by atoms with E-state index in [0.29, 0.717) is 6.04 Å². The Hall–Kier alpha value is -0.900. The molecule has 1 aromatic heterocycles. The van der Waals surface area contributed by atoms with Gasteiger partial charge in [0.25, 0.3) is 0 Å². The Morgan fingerprint density at radius 1 is 1.37 bits per heavy atom. The summed E-state index contributed by atoms with van der Waals surface area (Å²) in [6.07, 6.45) is 4.98. The summed E-state index contributed by atoms with van der Waals surface area (Å²) in [5, 5.41) is 7.63. The predicted molar refractivity (Wildman–Crippen MR) is 83.1 cm³/mol. The molecule has 1 unspecified atom stereocenters. The van der Waals surface area contributed by atoms with Crippen molar-refractivity contribution in [2.75, 3.05) is 6.54 Å². The van der Waals surface area contributed by atoms with Crippen LogP contribution in [-0.4, -0.2) is 17.6 Å². The minimum absolute atomic E-state index is 0.421. The van der Waals surface area contributed by atoms with Crippen molar-refractivity contribution in [3.05, 3.63) is 51.4 Å². The summed E-state index contributed by atoms with van der Waals surface area (Å²) >= 11 is 7.77. The largest absolute Gasteiger partial charge is 0.313 e. The van der Waals surface area contributed by atoms with Gasteiger partial charge in [-0.05, 0) is 37.1 Å². The molecule has 0 saturated carbocycles. The van der Waals surface area contributed by atoms with E-state index in [2.05, 4.69) is 23.3 Å². The van der Waals surface area contributed by atoms with Crippen LogP contribution in [0.15, 0.2) is 35.8 Å². The first-order chi connectivity index (χ1) is 9.28. The van der Waals surface area contributed by atoms with Crippen LogP contribution in [0.1, 0.15) is 23.9 Å². The van der Waals surface area contributed by atoms with Gasteiger partial charge in [-0.15, -0.1) is 11.3 Å². The van der Waals surface area contributed by atoms with E-state index in [1.54, 1.807) is 11.3 Å². The number of nitrogens with zero attached hydrogens (tertiary/aromatic N) is 1. The minimum Gasteiger partial charge on any atom is -0.313 e. The van der Waals surface area contributed by atoms with Crippen molar-refractivity contribution in [2.45, 2.75) is 32.2 Å². The first kappa shape index (κ1) is 14.5. The number of benzene rings is 1. The van der Waals surface area contributed by atoms with E-state index in [1.807, 2.05) is 29.8 Å². The fraction of sp³-hybridized carbons (Fsp3) is 0.400. The highest BCUT2D eigenvalue weighted by Gasteiger charge is 2.11. The lowest BCUT2D eigenvalue weighted by atomic mass is 10.0. The van der Waals surface area contributed by atoms with E-state index in [1.165, 1.54) is 10.6 Å². The summed E-state index contributed by atoms with van der Waals surface area (Å²) < 4.78 is 0. The average molecular weight is 295 g/mol. The van der Waals surface area contributed by atoms with Crippen molar-refractivity contribution in [1.82, 2.24) is 10.3 Å². The Morgan fingerprint density at radius 3 is 2.95 bits per heavy atom. The number of hydrogen-bond donors (Lipinski definition) is 1. The second-order valence-electron chi connectivity index (χ2n) is 4.62. The number of thiazole rings is 1. The van der Waals surface area contributed by atoms with Crippen molar-refractivity contribution in [3.63, 3.8) is 0 Å². The number of nitrogens with one attached hydrogen (secondary N) is 1. The first-order valence-electron chi connectivity index (χ1n) is 6.64. The van der Waals surface area contributed by atoms with Gasteiger partial charge < -0.3 is 5.32 Å². The summed E-state index contributed by atoms with van der Waals surface area (Å²) in [7, 11) is 0. The molecule has 0 aliphatic heterocycles. The lowest BCUT2D eigenvalue weighted by Gasteiger charge is -2.17. The van der Waals surface area contributed by atoms with Gasteiger partial charge in [0.05, 0.1) is 5.01 Å². The second-order valence-corrected chi connectivity index (χ2v) is 6.03. The lowest BCUT2D eigenvalue weighted by molar-refractivity contribution is 0.504. The van der Waals surface area contributed by atoms with Gasteiger partial charge in [0.1, 0.15) is 0 Å². The third kappa shape index (κ3) is 4.94. The maximum atomic E-state index is 6.04. The zero-order chi connectivity index (χ0) is 13.5. The highest BCUT2D eigenvalue weighted by molar-refractivity contribution is 7.09. The molecule has 0 fully saturated rings. The molecule has 1 atom stereocenters. The predicted octanol–water partition coefficient (Wildman–Crippen LogP) is 3.95. The number of rotatable bonds is 7. The average Bonchev–Trinajstić information content (AvgIpc) is 2.89. The molecule has 2 nitrogen and oxygen atoms in total. The molecule has 2 rings (SSSR count). The van der Waals surface area contributed by atoms with E-state index in [9.17, 15) is 0 Å². The molecule has 0 spiro atoms. The Labute approximate surface area is 123 Å². The number of aromatic nitrogens is 1. The molecule has 0 bridgehead atoms. The molecule has 1 heterocycles. The van der Waals surface area contributed by atoms with Crippen LogP contribution in [0.25, 0.3) is 0 Å². The Balaban J connectivity index is 2.00. The molecule has 0 aliphatic rings. The molecule has 0 radical (unpaired) electrons. The normalized spacial score (nSPS) is 12.5. The highest BCUT2D eigenvalue weighted by atomic mass is 35.5. The van der Waals surface area contributed by atoms with Crippen molar-refractivity contribution < 1.29 is 0 Å². The van der Waals surface area contributed by atoms with Gasteiger partial charge in [0, 0.05) is 29.1 Å². The zero-order valence-corrected chi connectivity index (χ0v) is 12.7. The Kier molecular flexibility index (Phi) is 5.83. The van der Waals surface area contributed by atoms with Crippen molar-refractivity contribution >= 4 is 22.9 Å². The number of hydrogen-bond acceptors (Lipinski definition) is 3. The summed E-state index contributed by atoms with van der Waals surface area (Å²) in [6, 6.07) is 8.53. The van der Waals surface area contributed by atoms with Crippen LogP contribution in [0, 0.1) is 0 Å². The Bertz CT molecular complexity index is 485. The maximum Gasteiger partial charge on any atom is 0.0940 e. The van der Waals surface area contributed by atoms with Crippen molar-refractivity contribution in [2.24, 2.45) is 0 Å². The summed E-state index contributed by atoms with van der Waals surface area (Å²) in [5.74, 6) is 0. The van der Waals surface area contributed by atoms with E-state index in [4.69, 9.17) is 11.6 Å². The standard InChI is InChI=1S/C15H19ClN2S/c1-2-6-17-14(11-15-18-7-8-19-15)10-12-4-3-5-13(16)9-12/h3-5,7-9,14,17H,2,6,10-11H2,1H3. The monoisotopic (exact) mass is 294 g/mol. The zero-order valence-electron chi connectivity index (χ0n) is 11.1. The summed E-state index contributed by atoms with van der Waals surface area (Å²) in [4.78, 5) is 4.38. The van der Waals surface area contributed by atoms with Gasteiger partial charge in [-0.25, -0.2) is 4.98 Å². The maximum absolute atomic E-state index is 6.04. The summed E-state index contributed by atoms with van der Waals surface area (Å²) in [6.45, 7) is 3.23. The third-order valence-electron chi connectivity index (χ3n) is 2.96. The van der Waals surface area contributed by atoms with Crippen LogP contribution < -0.4 is 5.32 Å². The van der Waals surface area contributed by atoms with E-state index < -0.39 is 0 Å². The van der Waals surface area contributed by atoms with Crippen LogP contribution in [0.4, 0.5) is 0 Å². The number of halogens is 1. The molecular formula is C15H19ClN2S. The van der Waals surface area contributed by atoms with Crippen LogP contribution in [-0.2, 0) is 12.8 Å². The van der Waals surface area contributed by atoms with Crippen LogP contribution in [0.5, 0.6) is 0 Å². The first-order valence-corrected chi connectivity index (χ1v) is 7.90. The molecule has 1 N–H and O–H groups in total. The molecule has 1 aromatic carbocycles. The fourth-order valence-corrected chi connectivity index (χ4v) is 2.99. The van der Waals surface area contributed by atoms with Gasteiger partial charge in [0.2, 0.25) is 0 Å². The van der Waals surface area contributed by atoms with E-state index in [0.717, 1.165) is 30.8 Å². The summed E-state index contributed by atoms with van der Waals surface area (Å²) in [5.41, 5.74) is 1.28. The molecule has 0 aliphatic carbocycles. The van der Waals surface area contributed by atoms with E-state index >= 15 is 0 Å². The van der Waals surface area contributed by atoms with Gasteiger partial charge in [0.15, 0.2) is 0 Å². The van der Waals surface area contributed by atoms with Gasteiger partial charge >= 0.3 is 0 Å². The smallest absolute Gasteiger partial charge is 0.0940 e. The molecule has 4 heteroatoms. The lowest BCUT2D eigenvalue weighted by Crippen LogP contribution is -2.33. The molecule has 0 amide bonds. The fourth-order valence-electron chi connectivity index (χ4n) is 2.08. The molecule has 102 valence electrons. The van der Waals surface area contributed by atoms with Crippen LogP contribution in [0.3, 0.4) is 0 Å². The Morgan fingerprint density at radius 2 is 2.26 bits per heavy atom. The SMILES string of the molecule is CCCNC(Cc1cccc(Cl)c1)Cc1nccs1. The second kappa shape index (κ2) is 7.63. The highest BCUT2D eigenvalue weighted by Crippen LogP contribution is 2.15. The van der Waals surface area contributed by atoms with Crippen LogP contribution >= 0.6 is 22.9 Å². The van der Waals surface area contributed by atoms with Crippen LogP contribution in [0.2, 0.25) is 5.02 Å². The van der Waals surface area contributed by atoms with Gasteiger partial charge in [-0.2, -0.15) is 0 Å². The van der Waals surface area contributed by atoms with Crippen molar-refractivity contribution in [3.8, 4) is 0 Å². The topological polar surface area (TPSA) is 24.9 Å². The van der Waals surface area contributed by atoms with Crippen molar-refractivity contribution in [1.29, 1.82) is 0 Å². The molecule has 0 saturated heterocycles. The quantitative estimate of drug-likeness (QED) is 0.836. The molecular weight excluding hydrogens is 276 g/mol. The molecule has 19 heavy (non-hydrogen) atoms. The molecule has 2 aromatic rings. The van der Waals surface area contributed by atoms with Gasteiger partial charge in [-0.3, -0.25) is 0 Å². The van der Waals surface area contributed by atoms with E-state index in [-0.39, 0.29) is 0 Å². The minimum atomic E-state index is 0.421.